The van der Waals surface area contributed by atoms with Gasteiger partial charge in [0.1, 0.15) is 11.2 Å². The molecule has 0 atom stereocenters. The minimum absolute atomic E-state index is 0.197. The molecule has 2 rings (SSSR count). The van der Waals surface area contributed by atoms with Crippen molar-refractivity contribution in [2.24, 2.45) is 0 Å². The molecule has 0 fully saturated rings. The molecule has 4 nitrogen and oxygen atoms in total. The summed E-state index contributed by atoms with van der Waals surface area (Å²) < 4.78 is 18.2. The summed E-state index contributed by atoms with van der Waals surface area (Å²) in [6, 6.07) is 1.41. The number of nitrogens with zero attached hydrogens (tertiary/aromatic N) is 2. The molecule has 1 aromatic heterocycles. The van der Waals surface area contributed by atoms with Crippen LogP contribution in [0.15, 0.2) is 28.6 Å². The van der Waals surface area contributed by atoms with Crippen LogP contribution in [0.5, 0.6) is 0 Å². The molecule has 90 valence electrons. The predicted octanol–water partition coefficient (Wildman–Crippen LogP) is 1.86. The van der Waals surface area contributed by atoms with Gasteiger partial charge >= 0.3 is 5.97 Å². The lowest BCUT2D eigenvalue weighted by molar-refractivity contribution is -0.135. The molecule has 0 bridgehead atoms. The van der Waals surface area contributed by atoms with E-state index in [9.17, 15) is 9.18 Å². The molecule has 0 aliphatic carbocycles. The van der Waals surface area contributed by atoms with E-state index in [1.54, 1.807) is 6.20 Å². The maximum absolute atomic E-state index is 13.2. The molecule has 2 heterocycles. The fourth-order valence-electron chi connectivity index (χ4n) is 1.51. The molecule has 1 aliphatic heterocycles. The molecule has 6 heteroatoms. The molecule has 0 radical (unpaired) electrons. The van der Waals surface area contributed by atoms with E-state index in [4.69, 9.17) is 4.74 Å². The highest BCUT2D eigenvalue weighted by molar-refractivity contribution is 9.10. The van der Waals surface area contributed by atoms with Gasteiger partial charge in [0.25, 0.3) is 0 Å². The Morgan fingerprint density at radius 2 is 2.41 bits per heavy atom. The van der Waals surface area contributed by atoms with E-state index in [0.29, 0.717) is 6.54 Å². The number of cyclic esters (lactones) is 1. The summed E-state index contributed by atoms with van der Waals surface area (Å²) in [6.45, 7) is 0.738. The van der Waals surface area contributed by atoms with Gasteiger partial charge in [-0.15, -0.1) is 0 Å². The summed E-state index contributed by atoms with van der Waals surface area (Å²) in [4.78, 5) is 16.6. The highest BCUT2D eigenvalue weighted by Gasteiger charge is 2.16. The van der Waals surface area contributed by atoms with Crippen molar-refractivity contribution < 1.29 is 13.9 Å². The van der Waals surface area contributed by atoms with Crippen molar-refractivity contribution in [1.29, 1.82) is 0 Å². The van der Waals surface area contributed by atoms with Crippen LogP contribution >= 0.6 is 15.9 Å². The second-order valence-electron chi connectivity index (χ2n) is 3.72. The van der Waals surface area contributed by atoms with E-state index >= 15 is 0 Å². The third kappa shape index (κ3) is 2.82. The number of pyridine rings is 1. The number of likely N-dealkylation sites (N-methyl/N-ethyl adjacent to an activating group) is 1. The van der Waals surface area contributed by atoms with Gasteiger partial charge in [-0.05, 0) is 27.6 Å². The van der Waals surface area contributed by atoms with Gasteiger partial charge in [0.2, 0.25) is 0 Å². The lowest BCUT2D eigenvalue weighted by Gasteiger charge is -2.19. The van der Waals surface area contributed by atoms with Gasteiger partial charge in [-0.25, -0.2) is 14.2 Å². The molecular weight excluding hydrogens is 291 g/mol. The fraction of sp³-hybridized carbons (Fsp3) is 0.273. The first-order chi connectivity index (χ1) is 8.06. The molecule has 17 heavy (non-hydrogen) atoms. The number of esters is 1. The lowest BCUT2D eigenvalue weighted by atomic mass is 10.2. The van der Waals surface area contributed by atoms with Crippen LogP contribution < -0.4 is 0 Å². The van der Waals surface area contributed by atoms with Crippen LogP contribution in [0.4, 0.5) is 4.39 Å². The van der Waals surface area contributed by atoms with Crippen LogP contribution in [0.25, 0.3) is 0 Å². The summed E-state index contributed by atoms with van der Waals surface area (Å²) >= 11 is 2.99. The predicted molar refractivity (Wildman–Crippen MR) is 62.4 cm³/mol. The quantitative estimate of drug-likeness (QED) is 0.631. The van der Waals surface area contributed by atoms with Gasteiger partial charge in [-0.2, -0.15) is 0 Å². The first kappa shape index (κ1) is 12.0. The summed E-state index contributed by atoms with van der Waals surface area (Å²) in [5.74, 6) is -0.740. The van der Waals surface area contributed by atoms with Gasteiger partial charge in [0.15, 0.2) is 5.82 Å². The Balaban J connectivity index is 2.08. The van der Waals surface area contributed by atoms with E-state index < -0.39 is 5.82 Å². The van der Waals surface area contributed by atoms with E-state index in [1.807, 2.05) is 11.9 Å². The van der Waals surface area contributed by atoms with Crippen molar-refractivity contribution in [1.82, 2.24) is 9.88 Å². The summed E-state index contributed by atoms with van der Waals surface area (Å²) in [5.41, 5.74) is 1.51. The minimum Gasteiger partial charge on any atom is -0.456 e. The Bertz CT molecular complexity index is 490. The number of ether oxygens (including phenoxy) is 1. The van der Waals surface area contributed by atoms with Crippen molar-refractivity contribution in [3.8, 4) is 0 Å². The SMILES string of the molecule is CN(Cc1cnc(Br)c(F)c1)C1=CC(=O)OC1. The molecule has 0 aromatic carbocycles. The van der Waals surface area contributed by atoms with Gasteiger partial charge in [0, 0.05) is 25.9 Å². The molecule has 0 amide bonds. The lowest BCUT2D eigenvalue weighted by Crippen LogP contribution is -2.18. The molecule has 0 saturated carbocycles. The summed E-state index contributed by atoms with van der Waals surface area (Å²) in [6.07, 6.45) is 3.02. The molecular formula is C11H10BrFN2O2. The van der Waals surface area contributed by atoms with Gasteiger partial charge in [0.05, 0.1) is 5.70 Å². The number of rotatable bonds is 3. The first-order valence-corrected chi connectivity index (χ1v) is 5.74. The number of carbonyl (C=O) groups is 1. The largest absolute Gasteiger partial charge is 0.456 e. The Morgan fingerprint density at radius 1 is 1.65 bits per heavy atom. The molecule has 0 unspecified atom stereocenters. The average Bonchev–Trinajstić information content (AvgIpc) is 2.70. The van der Waals surface area contributed by atoms with Gasteiger partial charge < -0.3 is 9.64 Å². The van der Waals surface area contributed by atoms with Crippen molar-refractivity contribution in [3.63, 3.8) is 0 Å². The first-order valence-electron chi connectivity index (χ1n) is 4.94. The maximum atomic E-state index is 13.2. The van der Waals surface area contributed by atoms with E-state index in [-0.39, 0.29) is 17.2 Å². The number of hydrogen-bond donors (Lipinski definition) is 0. The topological polar surface area (TPSA) is 42.4 Å². The average molecular weight is 301 g/mol. The van der Waals surface area contributed by atoms with Crippen LogP contribution in [0.3, 0.4) is 0 Å². The van der Waals surface area contributed by atoms with Crippen molar-refractivity contribution in [2.45, 2.75) is 6.54 Å². The summed E-state index contributed by atoms with van der Waals surface area (Å²) in [5, 5.41) is 0. The van der Waals surface area contributed by atoms with E-state index in [2.05, 4.69) is 20.9 Å². The zero-order valence-corrected chi connectivity index (χ0v) is 10.7. The third-order valence-electron chi connectivity index (χ3n) is 2.41. The second kappa shape index (κ2) is 4.83. The number of aromatic nitrogens is 1. The second-order valence-corrected chi connectivity index (χ2v) is 4.47. The molecule has 1 aromatic rings. The Labute approximate surface area is 106 Å². The van der Waals surface area contributed by atoms with Gasteiger partial charge in [-0.1, -0.05) is 0 Å². The van der Waals surface area contributed by atoms with Crippen LogP contribution in [0.1, 0.15) is 5.56 Å². The highest BCUT2D eigenvalue weighted by atomic mass is 79.9. The van der Waals surface area contributed by atoms with Gasteiger partial charge in [-0.3, -0.25) is 0 Å². The molecule has 0 spiro atoms. The van der Waals surface area contributed by atoms with E-state index in [0.717, 1.165) is 11.3 Å². The maximum Gasteiger partial charge on any atom is 0.333 e. The Kier molecular flexibility index (Phi) is 3.42. The van der Waals surface area contributed by atoms with Crippen molar-refractivity contribution >= 4 is 21.9 Å². The number of carbonyl (C=O) groups excluding carboxylic acids is 1. The number of hydrogen-bond acceptors (Lipinski definition) is 4. The Morgan fingerprint density at radius 3 is 3.00 bits per heavy atom. The van der Waals surface area contributed by atoms with Crippen LogP contribution in [0.2, 0.25) is 0 Å². The Hall–Kier alpha value is -1.43. The zero-order chi connectivity index (χ0) is 12.4. The zero-order valence-electron chi connectivity index (χ0n) is 9.11. The monoisotopic (exact) mass is 300 g/mol. The molecule has 0 saturated heterocycles. The highest BCUT2D eigenvalue weighted by Crippen LogP contribution is 2.17. The van der Waals surface area contributed by atoms with E-state index in [1.165, 1.54) is 12.1 Å². The summed E-state index contributed by atoms with van der Waals surface area (Å²) in [7, 11) is 1.81. The fourth-order valence-corrected chi connectivity index (χ4v) is 1.72. The minimum atomic E-state index is -0.399. The normalized spacial score (nSPS) is 14.5. The number of halogens is 2. The molecule has 0 N–H and O–H groups in total. The van der Waals surface area contributed by atoms with Crippen LogP contribution in [-0.4, -0.2) is 29.5 Å². The van der Waals surface area contributed by atoms with Crippen LogP contribution in [0, 0.1) is 5.82 Å². The smallest absolute Gasteiger partial charge is 0.333 e. The van der Waals surface area contributed by atoms with Crippen LogP contribution in [-0.2, 0) is 16.1 Å². The van der Waals surface area contributed by atoms with Crippen molar-refractivity contribution in [2.75, 3.05) is 13.7 Å². The standard InChI is InChI=1S/C11H10BrFN2O2/c1-15(8-3-10(16)17-6-8)5-7-2-9(13)11(12)14-4-7/h2-4H,5-6H2,1H3. The third-order valence-corrected chi connectivity index (χ3v) is 2.99. The van der Waals surface area contributed by atoms with Crippen molar-refractivity contribution in [3.05, 3.63) is 40.0 Å². The molecule has 1 aliphatic rings.